The Bertz CT molecular complexity index is 2210. The Morgan fingerprint density at radius 1 is 1.00 bits per heavy atom. The molecule has 1 aliphatic heterocycles. The maximum absolute atomic E-state index is 15.1. The molecule has 3 saturated carbocycles. The number of sulfone groups is 1. The molecule has 306 valence electrons. The lowest BCUT2D eigenvalue weighted by atomic mass is 9.80. The van der Waals surface area contributed by atoms with Crippen LogP contribution in [0, 0.1) is 10.8 Å². The molecule has 15 heteroatoms. The summed E-state index contributed by atoms with van der Waals surface area (Å²) < 4.78 is 46.3. The van der Waals surface area contributed by atoms with Gasteiger partial charge in [-0.2, -0.15) is 0 Å². The molecule has 57 heavy (non-hydrogen) atoms. The van der Waals surface area contributed by atoms with Crippen molar-refractivity contribution >= 4 is 44.7 Å². The van der Waals surface area contributed by atoms with E-state index < -0.39 is 78.5 Å². The van der Waals surface area contributed by atoms with Crippen molar-refractivity contribution in [2.24, 2.45) is 16.6 Å². The number of benzene rings is 2. The largest absolute Gasteiger partial charge is 0.497 e. The van der Waals surface area contributed by atoms with Gasteiger partial charge in [0, 0.05) is 34.9 Å². The summed E-state index contributed by atoms with van der Waals surface area (Å²) in [5.74, 6) is -0.480. The molecular formula is C42H53N5O9S. The lowest BCUT2D eigenvalue weighted by Crippen LogP contribution is -2.63. The van der Waals surface area contributed by atoms with E-state index in [1.807, 2.05) is 36.4 Å². The summed E-state index contributed by atoms with van der Waals surface area (Å²) in [6.07, 6.45) is 1.15. The number of pyridine rings is 1. The van der Waals surface area contributed by atoms with Crippen LogP contribution in [0.25, 0.3) is 22.2 Å². The fourth-order valence-electron chi connectivity index (χ4n) is 8.64. The molecule has 3 aliphatic carbocycles. The van der Waals surface area contributed by atoms with Crippen LogP contribution in [0.1, 0.15) is 86.5 Å². The first kappa shape index (κ1) is 40.3. The van der Waals surface area contributed by atoms with Gasteiger partial charge in [-0.3, -0.25) is 9.59 Å². The molecule has 4 aliphatic rings. The van der Waals surface area contributed by atoms with Crippen molar-refractivity contribution in [1.82, 2.24) is 20.1 Å². The fourth-order valence-corrected chi connectivity index (χ4v) is 11.7. The predicted molar refractivity (Wildman–Crippen MR) is 213 cm³/mol. The molecule has 1 aromatic heterocycles. The number of hydrogen-bond donors (Lipinski definition) is 2. The normalized spacial score (nSPS) is 23.3. The number of nitrogens with two attached hydrogens (primary N) is 1. The Hall–Kier alpha value is -4.92. The Kier molecular flexibility index (Phi) is 10.0. The molecule has 2 heterocycles. The van der Waals surface area contributed by atoms with Gasteiger partial charge in [-0.1, -0.05) is 57.5 Å². The Morgan fingerprint density at radius 2 is 1.68 bits per heavy atom. The smallest absolute Gasteiger partial charge is 0.408 e. The SMILES string of the molecule is COc1ccc2c(OC3CC(C(=O)N(C(N)=O)C4(S(=O)(=O)C5CC5)CC45CCC5)N(C(=O)C(NC(=O)OC(C)(C)C)C(C)(C)C)C3)cc(-c3ccccc3)nc2c1. The molecule has 3 aromatic rings. The van der Waals surface area contributed by atoms with E-state index in [1.165, 1.54) is 4.90 Å². The number of carbonyl (C=O) groups excluding carboxylic acids is 4. The van der Waals surface area contributed by atoms with E-state index in [2.05, 4.69) is 5.32 Å². The third-order valence-corrected chi connectivity index (χ3v) is 14.8. The van der Waals surface area contributed by atoms with Gasteiger partial charge in [-0.15, -0.1) is 0 Å². The van der Waals surface area contributed by atoms with Crippen molar-refractivity contribution in [3.63, 3.8) is 0 Å². The van der Waals surface area contributed by atoms with E-state index in [4.69, 9.17) is 24.9 Å². The van der Waals surface area contributed by atoms with Gasteiger partial charge in [-0.25, -0.2) is 27.9 Å². The average Bonchev–Trinajstić information content (AvgIpc) is 4.05. The van der Waals surface area contributed by atoms with Crippen molar-refractivity contribution in [2.75, 3.05) is 13.7 Å². The van der Waals surface area contributed by atoms with Crippen LogP contribution in [0.3, 0.4) is 0 Å². The summed E-state index contributed by atoms with van der Waals surface area (Å²) in [7, 11) is -2.43. The second-order valence-electron chi connectivity index (χ2n) is 18.0. The molecule has 5 amide bonds. The molecule has 3 N–H and O–H groups in total. The Labute approximate surface area is 333 Å². The first-order valence-electron chi connectivity index (χ1n) is 19.6. The van der Waals surface area contributed by atoms with E-state index in [9.17, 15) is 22.8 Å². The monoisotopic (exact) mass is 803 g/mol. The van der Waals surface area contributed by atoms with Crippen molar-refractivity contribution in [1.29, 1.82) is 0 Å². The molecule has 4 atom stereocenters. The summed E-state index contributed by atoms with van der Waals surface area (Å²) in [6.45, 7) is 10.3. The first-order valence-corrected chi connectivity index (χ1v) is 21.1. The van der Waals surface area contributed by atoms with Crippen LogP contribution in [-0.2, 0) is 24.2 Å². The molecule has 14 nitrogen and oxygen atoms in total. The maximum atomic E-state index is 15.1. The van der Waals surface area contributed by atoms with Gasteiger partial charge in [-0.05, 0) is 70.4 Å². The molecule has 1 saturated heterocycles. The highest BCUT2D eigenvalue weighted by Gasteiger charge is 2.82. The van der Waals surface area contributed by atoms with Gasteiger partial charge in [0.2, 0.25) is 5.91 Å². The minimum atomic E-state index is -4.00. The van der Waals surface area contributed by atoms with E-state index in [0.717, 1.165) is 16.9 Å². The van der Waals surface area contributed by atoms with Gasteiger partial charge in [0.05, 0.1) is 30.1 Å². The summed E-state index contributed by atoms with van der Waals surface area (Å²) >= 11 is 0. The zero-order valence-corrected chi connectivity index (χ0v) is 34.5. The minimum absolute atomic E-state index is 0.0924. The van der Waals surface area contributed by atoms with Crippen molar-refractivity contribution < 1.29 is 41.8 Å². The van der Waals surface area contributed by atoms with Gasteiger partial charge < -0.3 is 30.2 Å². The van der Waals surface area contributed by atoms with E-state index in [0.29, 0.717) is 53.8 Å². The highest BCUT2D eigenvalue weighted by molar-refractivity contribution is 7.94. The van der Waals surface area contributed by atoms with Gasteiger partial charge in [0.15, 0.2) is 14.7 Å². The number of amides is 5. The summed E-state index contributed by atoms with van der Waals surface area (Å²) in [5, 5.41) is 2.71. The lowest BCUT2D eigenvalue weighted by molar-refractivity contribution is -0.145. The fraction of sp³-hybridized carbons (Fsp3) is 0.548. The second kappa shape index (κ2) is 14.2. The number of fused-ring (bicyclic) bond motifs is 1. The molecule has 0 radical (unpaired) electrons. The zero-order valence-electron chi connectivity index (χ0n) is 33.7. The molecular weight excluding hydrogens is 751 g/mol. The van der Waals surface area contributed by atoms with E-state index in [-0.39, 0.29) is 19.4 Å². The molecule has 1 spiro atoms. The Morgan fingerprint density at radius 3 is 2.23 bits per heavy atom. The van der Waals surface area contributed by atoms with Crippen LogP contribution in [0.2, 0.25) is 0 Å². The zero-order chi connectivity index (χ0) is 41.3. The molecule has 7 rings (SSSR count). The average molecular weight is 804 g/mol. The Balaban J connectivity index is 1.29. The molecule has 4 fully saturated rings. The van der Waals surface area contributed by atoms with Crippen molar-refractivity contribution in [3.05, 3.63) is 54.6 Å². The number of ether oxygens (including phenoxy) is 3. The third-order valence-electron chi connectivity index (χ3n) is 11.8. The summed E-state index contributed by atoms with van der Waals surface area (Å²) in [4.78, 5) is 61.8. The number of primary amides is 1. The van der Waals surface area contributed by atoms with Crippen molar-refractivity contribution in [2.45, 2.75) is 120 Å². The van der Waals surface area contributed by atoms with Crippen LogP contribution in [0.5, 0.6) is 11.5 Å². The highest BCUT2D eigenvalue weighted by Crippen LogP contribution is 2.74. The number of likely N-dealkylation sites (tertiary alicyclic amines) is 1. The van der Waals surface area contributed by atoms with Crippen LogP contribution in [0.15, 0.2) is 54.6 Å². The number of rotatable bonds is 10. The third kappa shape index (κ3) is 7.27. The molecule has 4 unspecified atom stereocenters. The number of imide groups is 1. The minimum Gasteiger partial charge on any atom is -0.497 e. The summed E-state index contributed by atoms with van der Waals surface area (Å²) in [6, 6.07) is 13.0. The number of aromatic nitrogens is 1. The number of alkyl carbamates (subject to hydrolysis) is 1. The van der Waals surface area contributed by atoms with E-state index >= 15 is 4.79 Å². The number of nitrogens with one attached hydrogen (secondary N) is 1. The number of urea groups is 1. The summed E-state index contributed by atoms with van der Waals surface area (Å²) in [5.41, 5.74) is 5.55. The molecule has 2 aromatic carbocycles. The number of carbonyl (C=O) groups is 4. The number of hydrogen-bond acceptors (Lipinski definition) is 10. The van der Waals surface area contributed by atoms with Crippen LogP contribution in [0.4, 0.5) is 9.59 Å². The van der Waals surface area contributed by atoms with Gasteiger partial charge >= 0.3 is 12.1 Å². The van der Waals surface area contributed by atoms with Crippen LogP contribution in [-0.4, -0.2) is 94.7 Å². The maximum Gasteiger partial charge on any atom is 0.408 e. The van der Waals surface area contributed by atoms with E-state index in [1.54, 1.807) is 66.9 Å². The van der Waals surface area contributed by atoms with Crippen LogP contribution < -0.4 is 20.5 Å². The van der Waals surface area contributed by atoms with Crippen molar-refractivity contribution in [3.8, 4) is 22.8 Å². The molecule has 0 bridgehead atoms. The number of nitrogens with zero attached hydrogens (tertiary/aromatic N) is 3. The van der Waals surface area contributed by atoms with Gasteiger partial charge in [0.1, 0.15) is 35.3 Å². The second-order valence-corrected chi connectivity index (χ2v) is 20.5. The van der Waals surface area contributed by atoms with Gasteiger partial charge in [0.25, 0.3) is 5.91 Å². The first-order chi connectivity index (χ1) is 26.7. The van der Waals surface area contributed by atoms with Crippen LogP contribution >= 0.6 is 0 Å². The number of methoxy groups -OCH3 is 1. The quantitative estimate of drug-likeness (QED) is 0.248. The lowest BCUT2D eigenvalue weighted by Gasteiger charge is -2.40. The highest BCUT2D eigenvalue weighted by atomic mass is 32.2. The topological polar surface area (TPSA) is 188 Å². The predicted octanol–water partition coefficient (Wildman–Crippen LogP) is 5.95. The standard InChI is InChI=1S/C42H53N5O9S/c1-39(2,3)34(45-38(51)56-40(4,5)6)36(49)46-23-27(55-33-22-30(25-12-9-8-10-13-25)44-31-20-26(54-7)14-17-29(31)33)21-32(46)35(48)47(37(43)50)42(24-41(42)18-11-19-41)57(52,53)28-15-16-28/h8-10,12-14,17,20,22,27-28,32,34H,11,15-16,18-19,21,23-24H2,1-7H3,(H2,43,50)(H,45,51).